The summed E-state index contributed by atoms with van der Waals surface area (Å²) in [4.78, 5) is 0. The van der Waals surface area contributed by atoms with Gasteiger partial charge in [-0.2, -0.15) is 0 Å². The second kappa shape index (κ2) is 7.23. The van der Waals surface area contributed by atoms with E-state index in [-0.39, 0.29) is 6.04 Å². The first-order valence-electron chi connectivity index (χ1n) is 6.85. The monoisotopic (exact) mass is 305 g/mol. The summed E-state index contributed by atoms with van der Waals surface area (Å²) in [5.74, 6) is 1.56. The predicted octanol–water partition coefficient (Wildman–Crippen LogP) is 4.40. The summed E-state index contributed by atoms with van der Waals surface area (Å²) >= 11 is 5.90. The van der Waals surface area contributed by atoms with Crippen LogP contribution in [0.1, 0.15) is 12.5 Å². The fourth-order valence-electron chi connectivity index (χ4n) is 2.21. The Morgan fingerprint density at radius 3 is 2.38 bits per heavy atom. The van der Waals surface area contributed by atoms with Gasteiger partial charge in [-0.05, 0) is 43.2 Å². The smallest absolute Gasteiger partial charge is 0.145 e. The average Bonchev–Trinajstić information content (AvgIpc) is 2.50. The molecule has 0 aliphatic carbocycles. The van der Waals surface area contributed by atoms with Gasteiger partial charge in [0, 0.05) is 17.1 Å². The van der Waals surface area contributed by atoms with Crippen molar-refractivity contribution in [2.45, 2.75) is 19.4 Å². The molecule has 3 nitrogen and oxygen atoms in total. The Labute approximate surface area is 130 Å². The van der Waals surface area contributed by atoms with Gasteiger partial charge in [0.15, 0.2) is 0 Å². The molecule has 0 saturated heterocycles. The quantitative estimate of drug-likeness (QED) is 0.858. The number of hydrogen-bond acceptors (Lipinski definition) is 3. The molecule has 21 heavy (non-hydrogen) atoms. The molecular formula is C17H20ClNO2. The zero-order valence-corrected chi connectivity index (χ0v) is 13.3. The Morgan fingerprint density at radius 1 is 1.05 bits per heavy atom. The Morgan fingerprint density at radius 2 is 1.76 bits per heavy atom. The summed E-state index contributed by atoms with van der Waals surface area (Å²) in [5, 5.41) is 4.22. The molecule has 0 aliphatic rings. The fraction of sp³-hybridized carbons (Fsp3) is 0.294. The third-order valence-electron chi connectivity index (χ3n) is 3.27. The molecule has 4 heteroatoms. The SMILES string of the molecule is COc1ccc(NC(C)Cc2ccc(Cl)cc2)c(OC)c1. The van der Waals surface area contributed by atoms with E-state index in [0.29, 0.717) is 0 Å². The number of hydrogen-bond donors (Lipinski definition) is 1. The fourth-order valence-corrected chi connectivity index (χ4v) is 2.33. The molecule has 2 rings (SSSR count). The zero-order valence-electron chi connectivity index (χ0n) is 12.5. The Balaban J connectivity index is 2.05. The summed E-state index contributed by atoms with van der Waals surface area (Å²) in [5.41, 5.74) is 2.20. The minimum absolute atomic E-state index is 0.272. The van der Waals surface area contributed by atoms with Crippen LogP contribution in [0.15, 0.2) is 42.5 Å². The number of halogens is 1. The summed E-state index contributed by atoms with van der Waals surface area (Å²) in [7, 11) is 3.30. The van der Waals surface area contributed by atoms with Gasteiger partial charge in [-0.1, -0.05) is 23.7 Å². The van der Waals surface area contributed by atoms with Gasteiger partial charge in [0.1, 0.15) is 11.5 Å². The van der Waals surface area contributed by atoms with Gasteiger partial charge in [-0.3, -0.25) is 0 Å². The van der Waals surface area contributed by atoms with Crippen LogP contribution in [0.25, 0.3) is 0 Å². The lowest BCUT2D eigenvalue weighted by Crippen LogP contribution is -2.18. The highest BCUT2D eigenvalue weighted by molar-refractivity contribution is 6.30. The molecule has 2 aromatic carbocycles. The van der Waals surface area contributed by atoms with Crippen molar-refractivity contribution in [1.82, 2.24) is 0 Å². The molecule has 0 aromatic heterocycles. The number of ether oxygens (including phenoxy) is 2. The number of benzene rings is 2. The third-order valence-corrected chi connectivity index (χ3v) is 3.52. The highest BCUT2D eigenvalue weighted by Crippen LogP contribution is 2.29. The maximum Gasteiger partial charge on any atom is 0.145 e. The Bertz CT molecular complexity index is 584. The average molecular weight is 306 g/mol. The van der Waals surface area contributed by atoms with Gasteiger partial charge in [0.05, 0.1) is 19.9 Å². The highest BCUT2D eigenvalue weighted by atomic mass is 35.5. The number of nitrogens with one attached hydrogen (secondary N) is 1. The second-order valence-electron chi connectivity index (χ2n) is 4.94. The van der Waals surface area contributed by atoms with E-state index in [2.05, 4.69) is 12.2 Å². The van der Waals surface area contributed by atoms with Crippen molar-refractivity contribution in [1.29, 1.82) is 0 Å². The lowest BCUT2D eigenvalue weighted by atomic mass is 10.1. The van der Waals surface area contributed by atoms with E-state index in [1.807, 2.05) is 42.5 Å². The molecule has 0 fully saturated rings. The second-order valence-corrected chi connectivity index (χ2v) is 5.38. The Kier molecular flexibility index (Phi) is 5.34. The standard InChI is InChI=1S/C17H20ClNO2/c1-12(10-13-4-6-14(18)7-5-13)19-16-9-8-15(20-2)11-17(16)21-3/h4-9,11-12,19H,10H2,1-3H3. The lowest BCUT2D eigenvalue weighted by Gasteiger charge is -2.18. The van der Waals surface area contributed by atoms with Gasteiger partial charge in [0.2, 0.25) is 0 Å². The van der Waals surface area contributed by atoms with E-state index in [4.69, 9.17) is 21.1 Å². The van der Waals surface area contributed by atoms with Crippen molar-refractivity contribution in [2.75, 3.05) is 19.5 Å². The summed E-state index contributed by atoms with van der Waals surface area (Å²) < 4.78 is 10.6. The van der Waals surface area contributed by atoms with Crippen molar-refractivity contribution < 1.29 is 9.47 Å². The van der Waals surface area contributed by atoms with E-state index >= 15 is 0 Å². The van der Waals surface area contributed by atoms with E-state index in [0.717, 1.165) is 28.6 Å². The minimum Gasteiger partial charge on any atom is -0.497 e. The van der Waals surface area contributed by atoms with Crippen LogP contribution < -0.4 is 14.8 Å². The first-order valence-corrected chi connectivity index (χ1v) is 7.23. The molecule has 1 unspecified atom stereocenters. The van der Waals surface area contributed by atoms with Crippen LogP contribution in [0, 0.1) is 0 Å². The normalized spacial score (nSPS) is 11.8. The van der Waals surface area contributed by atoms with E-state index in [1.54, 1.807) is 14.2 Å². The maximum atomic E-state index is 5.90. The molecule has 0 saturated carbocycles. The van der Waals surface area contributed by atoms with Crippen LogP contribution in [0.2, 0.25) is 5.02 Å². The molecule has 0 bridgehead atoms. The van der Waals surface area contributed by atoms with Gasteiger partial charge in [-0.25, -0.2) is 0 Å². The Hall–Kier alpha value is -1.87. The molecule has 1 atom stereocenters. The van der Waals surface area contributed by atoms with Crippen molar-refractivity contribution in [3.63, 3.8) is 0 Å². The molecular weight excluding hydrogens is 286 g/mol. The van der Waals surface area contributed by atoms with Crippen molar-refractivity contribution in [3.8, 4) is 11.5 Å². The predicted molar refractivity (Wildman–Crippen MR) is 87.8 cm³/mol. The topological polar surface area (TPSA) is 30.5 Å². The van der Waals surface area contributed by atoms with Gasteiger partial charge in [-0.15, -0.1) is 0 Å². The maximum absolute atomic E-state index is 5.90. The first-order chi connectivity index (χ1) is 10.1. The number of anilines is 1. The van der Waals surface area contributed by atoms with Crippen LogP contribution in [-0.2, 0) is 6.42 Å². The van der Waals surface area contributed by atoms with Crippen molar-refractivity contribution >= 4 is 17.3 Å². The molecule has 1 N–H and O–H groups in total. The van der Waals surface area contributed by atoms with Crippen LogP contribution >= 0.6 is 11.6 Å². The summed E-state index contributed by atoms with van der Waals surface area (Å²) in [6, 6.07) is 14.0. The van der Waals surface area contributed by atoms with E-state index in [9.17, 15) is 0 Å². The molecule has 0 radical (unpaired) electrons. The number of rotatable bonds is 6. The first kappa shape index (κ1) is 15.5. The number of methoxy groups -OCH3 is 2. The van der Waals surface area contributed by atoms with Gasteiger partial charge in [0.25, 0.3) is 0 Å². The van der Waals surface area contributed by atoms with Gasteiger partial charge >= 0.3 is 0 Å². The molecule has 2 aromatic rings. The molecule has 0 aliphatic heterocycles. The largest absolute Gasteiger partial charge is 0.497 e. The van der Waals surface area contributed by atoms with Gasteiger partial charge < -0.3 is 14.8 Å². The van der Waals surface area contributed by atoms with Crippen LogP contribution in [0.4, 0.5) is 5.69 Å². The van der Waals surface area contributed by atoms with Crippen molar-refractivity contribution in [2.24, 2.45) is 0 Å². The molecule has 0 amide bonds. The highest BCUT2D eigenvalue weighted by Gasteiger charge is 2.09. The summed E-state index contributed by atoms with van der Waals surface area (Å²) in [6.07, 6.45) is 0.909. The van der Waals surface area contributed by atoms with Crippen LogP contribution in [0.3, 0.4) is 0 Å². The van der Waals surface area contributed by atoms with E-state index in [1.165, 1.54) is 5.56 Å². The summed E-state index contributed by atoms with van der Waals surface area (Å²) in [6.45, 7) is 2.14. The molecule has 112 valence electrons. The van der Waals surface area contributed by atoms with Crippen LogP contribution in [0.5, 0.6) is 11.5 Å². The molecule has 0 heterocycles. The van der Waals surface area contributed by atoms with E-state index < -0.39 is 0 Å². The minimum atomic E-state index is 0.272. The van der Waals surface area contributed by atoms with Crippen LogP contribution in [-0.4, -0.2) is 20.3 Å². The lowest BCUT2D eigenvalue weighted by molar-refractivity contribution is 0.395. The van der Waals surface area contributed by atoms with Crippen molar-refractivity contribution in [3.05, 3.63) is 53.1 Å². The third kappa shape index (κ3) is 4.30. The molecule has 0 spiro atoms. The zero-order chi connectivity index (χ0) is 15.2.